The second-order valence-electron chi connectivity index (χ2n) is 9.22. The minimum absolute atomic E-state index is 0.0590. The number of halogens is 1. The van der Waals surface area contributed by atoms with Gasteiger partial charge in [-0.2, -0.15) is 0 Å². The van der Waals surface area contributed by atoms with Crippen LogP contribution in [-0.2, 0) is 9.59 Å². The SMILES string of the molecule is O=C(CN1CCC(C(=O)N2CCCCCC2)CC1)Nc1ccc(Cl)cc1C(=O)c1ccccc1. The van der Waals surface area contributed by atoms with Crippen LogP contribution >= 0.6 is 11.6 Å². The molecule has 1 N–H and O–H groups in total. The second-order valence-corrected chi connectivity index (χ2v) is 9.66. The quantitative estimate of drug-likeness (QED) is 0.611. The number of likely N-dealkylation sites (tertiary alicyclic amines) is 2. The Morgan fingerprint density at radius 2 is 1.56 bits per heavy atom. The zero-order chi connectivity index (χ0) is 23.9. The Morgan fingerprint density at radius 1 is 0.882 bits per heavy atom. The number of rotatable bonds is 6. The maximum absolute atomic E-state index is 13.0. The van der Waals surface area contributed by atoms with Gasteiger partial charge < -0.3 is 10.2 Å². The van der Waals surface area contributed by atoms with Gasteiger partial charge in [-0.15, -0.1) is 0 Å². The number of piperidine rings is 1. The zero-order valence-corrected chi connectivity index (χ0v) is 20.2. The lowest BCUT2D eigenvalue weighted by Crippen LogP contribution is -2.44. The second kappa shape index (κ2) is 11.6. The van der Waals surface area contributed by atoms with Crippen molar-refractivity contribution in [3.05, 3.63) is 64.7 Å². The molecule has 0 atom stereocenters. The fraction of sp³-hybridized carbons (Fsp3) is 0.444. The van der Waals surface area contributed by atoms with Crippen molar-refractivity contribution in [1.82, 2.24) is 9.80 Å². The lowest BCUT2D eigenvalue weighted by atomic mass is 9.95. The molecule has 2 aliphatic heterocycles. The standard InChI is InChI=1S/C27H32ClN3O3/c28-22-10-11-24(23(18-22)26(33)20-8-4-3-5-9-20)29-25(32)19-30-16-12-21(13-17-30)27(34)31-14-6-1-2-7-15-31/h3-5,8-11,18,21H,1-2,6-7,12-17,19H2,(H,29,32). The molecule has 2 aromatic carbocycles. The van der Waals surface area contributed by atoms with Crippen molar-refractivity contribution in [3.63, 3.8) is 0 Å². The van der Waals surface area contributed by atoms with Gasteiger partial charge in [0.15, 0.2) is 5.78 Å². The summed E-state index contributed by atoms with van der Waals surface area (Å²) in [5.74, 6) is -0.0204. The van der Waals surface area contributed by atoms with E-state index in [1.54, 1.807) is 42.5 Å². The van der Waals surface area contributed by atoms with Gasteiger partial charge in [0, 0.05) is 35.2 Å². The molecule has 0 radical (unpaired) electrons. The van der Waals surface area contributed by atoms with Crippen molar-refractivity contribution in [3.8, 4) is 0 Å². The largest absolute Gasteiger partial charge is 0.342 e. The highest BCUT2D eigenvalue weighted by Gasteiger charge is 2.29. The van der Waals surface area contributed by atoms with Crippen LogP contribution in [0.1, 0.15) is 54.4 Å². The molecule has 0 aliphatic carbocycles. The first kappa shape index (κ1) is 24.4. The molecule has 0 spiro atoms. The van der Waals surface area contributed by atoms with Crippen molar-refractivity contribution in [2.24, 2.45) is 5.92 Å². The number of hydrogen-bond donors (Lipinski definition) is 1. The van der Waals surface area contributed by atoms with Gasteiger partial charge in [-0.05, 0) is 57.0 Å². The molecule has 0 unspecified atom stereocenters. The van der Waals surface area contributed by atoms with E-state index in [1.165, 1.54) is 12.8 Å². The molecule has 2 fully saturated rings. The lowest BCUT2D eigenvalue weighted by Gasteiger charge is -2.33. The fourth-order valence-electron chi connectivity index (χ4n) is 4.84. The number of amides is 2. The van der Waals surface area contributed by atoms with E-state index >= 15 is 0 Å². The third kappa shape index (κ3) is 6.24. The van der Waals surface area contributed by atoms with Crippen molar-refractivity contribution < 1.29 is 14.4 Å². The Morgan fingerprint density at radius 3 is 2.24 bits per heavy atom. The van der Waals surface area contributed by atoms with E-state index in [1.807, 2.05) is 11.0 Å². The number of anilines is 1. The van der Waals surface area contributed by atoms with Gasteiger partial charge in [-0.3, -0.25) is 19.3 Å². The fourth-order valence-corrected chi connectivity index (χ4v) is 5.01. The third-order valence-electron chi connectivity index (χ3n) is 6.76. The summed E-state index contributed by atoms with van der Waals surface area (Å²) in [6.07, 6.45) is 6.18. The molecule has 0 aromatic heterocycles. The summed E-state index contributed by atoms with van der Waals surface area (Å²) >= 11 is 6.14. The Labute approximate surface area is 206 Å². The van der Waals surface area contributed by atoms with E-state index in [2.05, 4.69) is 10.2 Å². The normalized spacial score (nSPS) is 17.7. The van der Waals surface area contributed by atoms with E-state index < -0.39 is 0 Å². The summed E-state index contributed by atoms with van der Waals surface area (Å²) in [7, 11) is 0. The van der Waals surface area contributed by atoms with Crippen LogP contribution in [0.5, 0.6) is 0 Å². The summed E-state index contributed by atoms with van der Waals surface area (Å²) < 4.78 is 0. The maximum atomic E-state index is 13.0. The maximum Gasteiger partial charge on any atom is 0.238 e. The van der Waals surface area contributed by atoms with E-state index in [0.29, 0.717) is 34.9 Å². The van der Waals surface area contributed by atoms with Crippen LogP contribution in [0.25, 0.3) is 0 Å². The van der Waals surface area contributed by atoms with Crippen molar-refractivity contribution in [1.29, 1.82) is 0 Å². The first-order valence-corrected chi connectivity index (χ1v) is 12.6. The number of carbonyl (C=O) groups excluding carboxylic acids is 3. The van der Waals surface area contributed by atoms with E-state index in [4.69, 9.17) is 11.6 Å². The smallest absolute Gasteiger partial charge is 0.238 e. The Hall–Kier alpha value is -2.70. The minimum Gasteiger partial charge on any atom is -0.342 e. The van der Waals surface area contributed by atoms with Crippen molar-refractivity contribution in [2.75, 3.05) is 38.0 Å². The van der Waals surface area contributed by atoms with Gasteiger partial charge in [0.1, 0.15) is 0 Å². The molecule has 7 heteroatoms. The van der Waals surface area contributed by atoms with E-state index in [-0.39, 0.29) is 30.1 Å². The molecule has 0 bridgehead atoms. The molecule has 2 saturated heterocycles. The van der Waals surface area contributed by atoms with Crippen LogP contribution in [0.3, 0.4) is 0 Å². The average molecular weight is 482 g/mol. The van der Waals surface area contributed by atoms with Crippen LogP contribution in [0.4, 0.5) is 5.69 Å². The van der Waals surface area contributed by atoms with Crippen LogP contribution in [0, 0.1) is 5.92 Å². The summed E-state index contributed by atoms with van der Waals surface area (Å²) in [6, 6.07) is 13.9. The Bertz CT molecular complexity index is 1010. The topological polar surface area (TPSA) is 69.7 Å². The third-order valence-corrected chi connectivity index (χ3v) is 6.99. The monoisotopic (exact) mass is 481 g/mol. The molecular weight excluding hydrogens is 450 g/mol. The van der Waals surface area contributed by atoms with Crippen LogP contribution < -0.4 is 5.32 Å². The van der Waals surface area contributed by atoms with Crippen LogP contribution in [0.2, 0.25) is 5.02 Å². The van der Waals surface area contributed by atoms with Crippen LogP contribution in [0.15, 0.2) is 48.5 Å². The zero-order valence-electron chi connectivity index (χ0n) is 19.5. The molecule has 0 saturated carbocycles. The van der Waals surface area contributed by atoms with E-state index in [9.17, 15) is 14.4 Å². The minimum atomic E-state index is -0.189. The molecule has 2 amide bonds. The molecule has 34 heavy (non-hydrogen) atoms. The highest BCUT2D eigenvalue weighted by molar-refractivity contribution is 6.31. The number of nitrogens with zero attached hydrogens (tertiary/aromatic N) is 2. The predicted octanol–water partition coefficient (Wildman–Crippen LogP) is 4.62. The number of benzene rings is 2. The summed E-state index contributed by atoms with van der Waals surface area (Å²) in [6.45, 7) is 3.42. The average Bonchev–Trinajstić information content (AvgIpc) is 3.15. The number of nitrogens with one attached hydrogen (secondary N) is 1. The molecule has 4 rings (SSSR count). The number of carbonyl (C=O) groups is 3. The Kier molecular flexibility index (Phi) is 8.35. The van der Waals surface area contributed by atoms with Gasteiger partial charge in [0.25, 0.3) is 0 Å². The lowest BCUT2D eigenvalue weighted by molar-refractivity contribution is -0.137. The molecule has 2 heterocycles. The summed E-state index contributed by atoms with van der Waals surface area (Å²) in [5, 5.41) is 3.33. The number of ketones is 1. The molecule has 6 nitrogen and oxygen atoms in total. The van der Waals surface area contributed by atoms with Gasteiger partial charge >= 0.3 is 0 Å². The van der Waals surface area contributed by atoms with Gasteiger partial charge in [-0.1, -0.05) is 54.8 Å². The molecular formula is C27H32ClN3O3. The highest BCUT2D eigenvalue weighted by atomic mass is 35.5. The summed E-state index contributed by atoms with van der Waals surface area (Å²) in [4.78, 5) is 42.8. The first-order valence-electron chi connectivity index (χ1n) is 12.2. The highest BCUT2D eigenvalue weighted by Crippen LogP contribution is 2.25. The predicted molar refractivity (Wildman–Crippen MR) is 134 cm³/mol. The van der Waals surface area contributed by atoms with Crippen LogP contribution in [-0.4, -0.2) is 60.1 Å². The molecule has 2 aromatic rings. The van der Waals surface area contributed by atoms with Gasteiger partial charge in [0.2, 0.25) is 11.8 Å². The van der Waals surface area contributed by atoms with E-state index in [0.717, 1.165) is 38.8 Å². The first-order chi connectivity index (χ1) is 16.5. The Balaban J connectivity index is 1.32. The molecule has 180 valence electrons. The number of hydrogen-bond acceptors (Lipinski definition) is 4. The summed E-state index contributed by atoms with van der Waals surface area (Å²) in [5.41, 5.74) is 1.36. The van der Waals surface area contributed by atoms with Gasteiger partial charge in [0.05, 0.1) is 12.2 Å². The van der Waals surface area contributed by atoms with Crippen molar-refractivity contribution in [2.45, 2.75) is 38.5 Å². The van der Waals surface area contributed by atoms with Gasteiger partial charge in [-0.25, -0.2) is 0 Å². The van der Waals surface area contributed by atoms with Crippen molar-refractivity contribution >= 4 is 34.9 Å². The molecule has 2 aliphatic rings.